The molecule has 4 rings (SSSR count). The van der Waals surface area contributed by atoms with Gasteiger partial charge in [-0.2, -0.15) is 0 Å². The summed E-state index contributed by atoms with van der Waals surface area (Å²) in [6.45, 7) is 11.4. The molecule has 4 heterocycles. The lowest BCUT2D eigenvalue weighted by molar-refractivity contribution is 0.0187. The minimum atomic E-state index is -0.513. The molecule has 11 heteroatoms. The minimum absolute atomic E-state index is 0.252. The largest absolute Gasteiger partial charge is 0.461 e. The number of fused-ring (bicyclic) bond motifs is 1. The summed E-state index contributed by atoms with van der Waals surface area (Å²) in [4.78, 5) is 40.1. The van der Waals surface area contributed by atoms with E-state index in [1.807, 2.05) is 44.4 Å². The second kappa shape index (κ2) is 10.9. The molecule has 1 aliphatic heterocycles. The van der Waals surface area contributed by atoms with Crippen LogP contribution in [0.15, 0.2) is 24.5 Å². The number of aromatic nitrogens is 4. The molecule has 37 heavy (non-hydrogen) atoms. The Morgan fingerprint density at radius 1 is 1.22 bits per heavy atom. The van der Waals surface area contributed by atoms with Crippen LogP contribution in [0.2, 0.25) is 5.15 Å². The van der Waals surface area contributed by atoms with Gasteiger partial charge in [0.1, 0.15) is 10.8 Å². The molecule has 0 radical (unpaired) electrons. The van der Waals surface area contributed by atoms with Crippen molar-refractivity contribution in [2.24, 2.45) is 5.92 Å². The molecule has 0 saturated carbocycles. The predicted molar refractivity (Wildman–Crippen MR) is 141 cm³/mol. The van der Waals surface area contributed by atoms with Crippen molar-refractivity contribution in [3.8, 4) is 11.3 Å². The summed E-state index contributed by atoms with van der Waals surface area (Å²) < 4.78 is 12.5. The number of carbonyl (C=O) groups excluding carboxylic acids is 2. The molecule has 0 unspecified atom stereocenters. The van der Waals surface area contributed by atoms with Crippen molar-refractivity contribution in [2.75, 3.05) is 31.6 Å². The van der Waals surface area contributed by atoms with E-state index in [9.17, 15) is 9.59 Å². The maximum atomic E-state index is 12.5. The molecule has 0 atom stereocenters. The molecule has 1 aliphatic rings. The number of nitrogens with zero attached hydrogens (tertiary/aromatic N) is 5. The summed E-state index contributed by atoms with van der Waals surface area (Å²) in [7, 11) is 0. The lowest BCUT2D eigenvalue weighted by Gasteiger charge is -2.33. The Kier molecular flexibility index (Phi) is 7.87. The fraction of sp³-hybridized carbons (Fsp3) is 0.500. The van der Waals surface area contributed by atoms with Crippen LogP contribution in [0.3, 0.4) is 0 Å². The number of esters is 1. The van der Waals surface area contributed by atoms with Crippen LogP contribution >= 0.6 is 11.6 Å². The summed E-state index contributed by atoms with van der Waals surface area (Å²) in [5, 5.41) is 3.81. The number of hydrogen-bond donors (Lipinski definition) is 1. The summed E-state index contributed by atoms with van der Waals surface area (Å²) in [5.74, 6) is 0.413. The van der Waals surface area contributed by atoms with E-state index >= 15 is 0 Å². The highest BCUT2D eigenvalue weighted by molar-refractivity contribution is 6.29. The number of ether oxygens (including phenoxy) is 2. The molecule has 1 fully saturated rings. The number of pyridine rings is 1. The Bertz CT molecular complexity index is 1290. The zero-order valence-corrected chi connectivity index (χ0v) is 22.6. The first kappa shape index (κ1) is 26.7. The van der Waals surface area contributed by atoms with Crippen LogP contribution in [0.1, 0.15) is 56.7 Å². The van der Waals surface area contributed by atoms with Crippen molar-refractivity contribution in [3.05, 3.63) is 41.1 Å². The van der Waals surface area contributed by atoms with E-state index in [4.69, 9.17) is 26.1 Å². The highest BCUT2D eigenvalue weighted by Gasteiger charge is 2.27. The van der Waals surface area contributed by atoms with Crippen molar-refractivity contribution in [1.82, 2.24) is 24.3 Å². The minimum Gasteiger partial charge on any atom is -0.461 e. The van der Waals surface area contributed by atoms with Gasteiger partial charge in [0.25, 0.3) is 0 Å². The van der Waals surface area contributed by atoms with Gasteiger partial charge < -0.3 is 19.7 Å². The van der Waals surface area contributed by atoms with Crippen LogP contribution < -0.4 is 5.32 Å². The maximum Gasteiger partial charge on any atom is 0.410 e. The lowest BCUT2D eigenvalue weighted by atomic mass is 9.97. The molecule has 0 aromatic carbocycles. The summed E-state index contributed by atoms with van der Waals surface area (Å²) in [6, 6.07) is 3.57. The molecule has 1 N–H and O–H groups in total. The van der Waals surface area contributed by atoms with Crippen molar-refractivity contribution >= 4 is 35.1 Å². The topological polar surface area (TPSA) is 111 Å². The van der Waals surface area contributed by atoms with E-state index in [1.54, 1.807) is 24.1 Å². The number of imidazole rings is 1. The van der Waals surface area contributed by atoms with Crippen molar-refractivity contribution in [2.45, 2.75) is 53.1 Å². The van der Waals surface area contributed by atoms with Crippen LogP contribution in [-0.4, -0.2) is 68.2 Å². The Morgan fingerprint density at radius 2 is 1.95 bits per heavy atom. The van der Waals surface area contributed by atoms with Gasteiger partial charge in [-0.25, -0.2) is 24.5 Å². The van der Waals surface area contributed by atoms with Crippen LogP contribution in [-0.2, 0) is 9.47 Å². The summed E-state index contributed by atoms with van der Waals surface area (Å²) in [5.41, 5.74) is 2.39. The standard InChI is InChI=1S/C26H33ClN6O4/c1-6-36-24(34)21-16(2)33-15-19(18-7-10-28-20(27)13-18)30-22(23(33)31-21)29-14-17-8-11-32(12-9-17)25(35)37-26(3,4)5/h7,10,13,15,17H,6,8-9,11-12,14H2,1-5H3,(H,29,30). The van der Waals surface area contributed by atoms with Gasteiger partial charge in [0.05, 0.1) is 18.0 Å². The van der Waals surface area contributed by atoms with Gasteiger partial charge in [-0.3, -0.25) is 4.40 Å². The van der Waals surface area contributed by atoms with E-state index in [0.717, 1.165) is 18.4 Å². The van der Waals surface area contributed by atoms with Crippen molar-refractivity contribution in [3.63, 3.8) is 0 Å². The van der Waals surface area contributed by atoms with Crippen LogP contribution in [0.4, 0.5) is 10.6 Å². The zero-order chi connectivity index (χ0) is 26.7. The third kappa shape index (κ3) is 6.30. The molecule has 3 aromatic heterocycles. The number of likely N-dealkylation sites (tertiary alicyclic amines) is 1. The number of piperidine rings is 1. The first-order valence-electron chi connectivity index (χ1n) is 12.5. The quantitative estimate of drug-likeness (QED) is 0.352. The van der Waals surface area contributed by atoms with Crippen LogP contribution in [0.5, 0.6) is 0 Å². The molecule has 198 valence electrons. The molecule has 0 bridgehead atoms. The van der Waals surface area contributed by atoms with Gasteiger partial charge in [-0.05, 0) is 65.5 Å². The van der Waals surface area contributed by atoms with Gasteiger partial charge in [0.2, 0.25) is 0 Å². The monoisotopic (exact) mass is 528 g/mol. The third-order valence-electron chi connectivity index (χ3n) is 6.16. The Labute approximate surface area is 221 Å². The fourth-order valence-corrected chi connectivity index (χ4v) is 4.43. The fourth-order valence-electron chi connectivity index (χ4n) is 4.26. The van der Waals surface area contributed by atoms with E-state index in [0.29, 0.717) is 53.6 Å². The smallest absolute Gasteiger partial charge is 0.410 e. The van der Waals surface area contributed by atoms with E-state index in [1.165, 1.54) is 0 Å². The second-order valence-corrected chi connectivity index (χ2v) is 10.5. The average molecular weight is 529 g/mol. The zero-order valence-electron chi connectivity index (χ0n) is 21.9. The first-order valence-corrected chi connectivity index (χ1v) is 12.8. The molecule has 1 amide bonds. The maximum absolute atomic E-state index is 12.5. The van der Waals surface area contributed by atoms with Gasteiger partial charge in [0.15, 0.2) is 17.2 Å². The normalized spacial score (nSPS) is 14.6. The Hall–Kier alpha value is -3.40. The van der Waals surface area contributed by atoms with Gasteiger partial charge >= 0.3 is 12.1 Å². The van der Waals surface area contributed by atoms with Gasteiger partial charge in [-0.1, -0.05) is 11.6 Å². The second-order valence-electron chi connectivity index (χ2n) is 10.1. The Balaban J connectivity index is 1.56. The number of aryl methyl sites for hydroxylation is 1. The number of nitrogens with one attached hydrogen (secondary N) is 1. The summed E-state index contributed by atoms with van der Waals surface area (Å²) in [6.07, 6.45) is 4.86. The van der Waals surface area contributed by atoms with E-state index in [2.05, 4.69) is 15.3 Å². The van der Waals surface area contributed by atoms with Crippen molar-refractivity contribution < 1.29 is 19.1 Å². The van der Waals surface area contributed by atoms with Gasteiger partial charge in [-0.15, -0.1) is 0 Å². The first-order chi connectivity index (χ1) is 17.6. The van der Waals surface area contributed by atoms with Crippen molar-refractivity contribution in [1.29, 1.82) is 0 Å². The highest BCUT2D eigenvalue weighted by atomic mass is 35.5. The predicted octanol–water partition coefficient (Wildman–Crippen LogP) is 4.99. The lowest BCUT2D eigenvalue weighted by Crippen LogP contribution is -2.42. The molecule has 1 saturated heterocycles. The van der Waals surface area contributed by atoms with Crippen LogP contribution in [0, 0.1) is 12.8 Å². The Morgan fingerprint density at radius 3 is 2.59 bits per heavy atom. The number of hydrogen-bond acceptors (Lipinski definition) is 8. The number of carbonyl (C=O) groups is 2. The molecule has 0 aliphatic carbocycles. The SMILES string of the molecule is CCOC(=O)c1nc2c(NCC3CCN(C(=O)OC(C)(C)C)CC3)nc(-c3ccnc(Cl)c3)cn2c1C. The average Bonchev–Trinajstić information content (AvgIpc) is 3.18. The van der Waals surface area contributed by atoms with Gasteiger partial charge in [0, 0.05) is 37.6 Å². The number of rotatable bonds is 6. The third-order valence-corrected chi connectivity index (χ3v) is 6.37. The number of anilines is 1. The molecular weight excluding hydrogens is 496 g/mol. The van der Waals surface area contributed by atoms with E-state index in [-0.39, 0.29) is 18.4 Å². The molecule has 3 aromatic rings. The number of halogens is 1. The van der Waals surface area contributed by atoms with Crippen LogP contribution in [0.25, 0.3) is 16.9 Å². The summed E-state index contributed by atoms with van der Waals surface area (Å²) >= 11 is 6.12. The number of amides is 1. The molecule has 0 spiro atoms. The molecular formula is C26H33ClN6O4. The highest BCUT2D eigenvalue weighted by Crippen LogP contribution is 2.27. The molecule has 10 nitrogen and oxygen atoms in total. The van der Waals surface area contributed by atoms with E-state index < -0.39 is 11.6 Å².